The predicted molar refractivity (Wildman–Crippen MR) is 102 cm³/mol. The summed E-state index contributed by atoms with van der Waals surface area (Å²) < 4.78 is 5.33. The van der Waals surface area contributed by atoms with Crippen molar-refractivity contribution in [3.8, 4) is 15.6 Å². The highest BCUT2D eigenvalue weighted by molar-refractivity contribution is 7.22. The summed E-state index contributed by atoms with van der Waals surface area (Å²) in [4.78, 5) is 22.9. The predicted octanol–water partition coefficient (Wildman–Crippen LogP) is 4.68. The van der Waals surface area contributed by atoms with Crippen molar-refractivity contribution >= 4 is 45.2 Å². The lowest BCUT2D eigenvalue weighted by Gasteiger charge is -2.10. The van der Waals surface area contributed by atoms with Gasteiger partial charge in [0.2, 0.25) is 0 Å². The van der Waals surface area contributed by atoms with Crippen LogP contribution >= 0.6 is 22.7 Å². The van der Waals surface area contributed by atoms with E-state index in [0.29, 0.717) is 21.8 Å². The van der Waals surface area contributed by atoms with Gasteiger partial charge in [-0.05, 0) is 35.7 Å². The zero-order chi connectivity index (χ0) is 17.2. The summed E-state index contributed by atoms with van der Waals surface area (Å²) in [5.74, 6) is 0.488. The maximum Gasteiger partial charge on any atom is 0.267 e. The monoisotopic (exact) mass is 367 g/mol. The van der Waals surface area contributed by atoms with E-state index in [1.54, 1.807) is 36.9 Å². The molecule has 0 atom stereocenters. The molecule has 3 aromatic heterocycles. The Morgan fingerprint density at radius 3 is 2.88 bits per heavy atom. The van der Waals surface area contributed by atoms with Crippen LogP contribution < -0.4 is 10.1 Å². The van der Waals surface area contributed by atoms with E-state index in [-0.39, 0.29) is 5.91 Å². The largest absolute Gasteiger partial charge is 0.494 e. The molecule has 3 heterocycles. The van der Waals surface area contributed by atoms with Gasteiger partial charge in [-0.1, -0.05) is 6.07 Å². The van der Waals surface area contributed by atoms with Crippen LogP contribution in [0, 0.1) is 0 Å². The molecule has 0 unspecified atom stereocenters. The van der Waals surface area contributed by atoms with Gasteiger partial charge in [0.15, 0.2) is 0 Å². The molecule has 0 aliphatic carbocycles. The number of fused-ring (bicyclic) bond motifs is 1. The van der Waals surface area contributed by atoms with E-state index in [2.05, 4.69) is 15.3 Å². The van der Waals surface area contributed by atoms with Crippen molar-refractivity contribution in [3.05, 3.63) is 59.0 Å². The zero-order valence-corrected chi connectivity index (χ0v) is 14.9. The SMILES string of the molecule is COc1ccc(NC(=O)c2cnc(-c3cccs3)s2)c2cccnc12. The number of carbonyl (C=O) groups excluding carboxylic acids is 1. The Labute approximate surface area is 152 Å². The topological polar surface area (TPSA) is 64.1 Å². The number of amides is 1. The fourth-order valence-corrected chi connectivity index (χ4v) is 4.11. The Morgan fingerprint density at radius 1 is 1.16 bits per heavy atom. The van der Waals surface area contributed by atoms with Crippen molar-refractivity contribution < 1.29 is 9.53 Å². The van der Waals surface area contributed by atoms with Crippen molar-refractivity contribution in [3.63, 3.8) is 0 Å². The molecule has 4 aromatic rings. The van der Waals surface area contributed by atoms with Crippen LogP contribution in [0.4, 0.5) is 5.69 Å². The van der Waals surface area contributed by atoms with E-state index in [9.17, 15) is 4.79 Å². The van der Waals surface area contributed by atoms with Crippen LogP contribution in [0.2, 0.25) is 0 Å². The number of nitrogens with zero attached hydrogens (tertiary/aromatic N) is 2. The van der Waals surface area contributed by atoms with Crippen LogP contribution in [0.1, 0.15) is 9.67 Å². The van der Waals surface area contributed by atoms with E-state index < -0.39 is 0 Å². The summed E-state index contributed by atoms with van der Waals surface area (Å²) in [5, 5.41) is 6.62. The maximum absolute atomic E-state index is 12.6. The van der Waals surface area contributed by atoms with E-state index >= 15 is 0 Å². The van der Waals surface area contributed by atoms with E-state index in [1.807, 2.05) is 35.7 Å². The highest BCUT2D eigenvalue weighted by Gasteiger charge is 2.15. The Bertz CT molecular complexity index is 1040. The number of hydrogen-bond donors (Lipinski definition) is 1. The highest BCUT2D eigenvalue weighted by atomic mass is 32.1. The molecule has 0 radical (unpaired) electrons. The van der Waals surface area contributed by atoms with Gasteiger partial charge in [-0.15, -0.1) is 22.7 Å². The number of aromatic nitrogens is 2. The first-order chi connectivity index (χ1) is 12.3. The number of ether oxygens (including phenoxy) is 1. The van der Waals surface area contributed by atoms with Gasteiger partial charge >= 0.3 is 0 Å². The van der Waals surface area contributed by atoms with Gasteiger partial charge < -0.3 is 10.1 Å². The molecule has 0 aliphatic rings. The van der Waals surface area contributed by atoms with E-state index in [1.165, 1.54) is 11.3 Å². The summed E-state index contributed by atoms with van der Waals surface area (Å²) in [5.41, 5.74) is 1.41. The maximum atomic E-state index is 12.6. The van der Waals surface area contributed by atoms with Crippen LogP contribution in [0.15, 0.2) is 54.2 Å². The van der Waals surface area contributed by atoms with Gasteiger partial charge in [0, 0.05) is 11.6 Å². The van der Waals surface area contributed by atoms with Gasteiger partial charge in [0.1, 0.15) is 21.2 Å². The number of nitrogens with one attached hydrogen (secondary N) is 1. The summed E-state index contributed by atoms with van der Waals surface area (Å²) in [7, 11) is 1.60. The number of pyridine rings is 1. The number of methoxy groups -OCH3 is 1. The van der Waals surface area contributed by atoms with Gasteiger partial charge in [0.05, 0.1) is 23.9 Å². The third-order valence-electron chi connectivity index (χ3n) is 3.66. The molecule has 0 bridgehead atoms. The molecule has 1 amide bonds. The molecule has 25 heavy (non-hydrogen) atoms. The molecule has 1 aromatic carbocycles. The minimum Gasteiger partial charge on any atom is -0.494 e. The van der Waals surface area contributed by atoms with Crippen LogP contribution in [0.3, 0.4) is 0 Å². The van der Waals surface area contributed by atoms with Crippen molar-refractivity contribution in [1.82, 2.24) is 9.97 Å². The first kappa shape index (κ1) is 15.7. The summed E-state index contributed by atoms with van der Waals surface area (Å²) in [6.07, 6.45) is 3.31. The molecular weight excluding hydrogens is 354 g/mol. The Morgan fingerprint density at radius 2 is 2.08 bits per heavy atom. The van der Waals surface area contributed by atoms with Crippen LogP contribution in [0.5, 0.6) is 5.75 Å². The molecule has 0 saturated heterocycles. The lowest BCUT2D eigenvalue weighted by atomic mass is 10.1. The van der Waals surface area contributed by atoms with Gasteiger partial charge in [0.25, 0.3) is 5.91 Å². The molecule has 0 fully saturated rings. The number of benzene rings is 1. The Balaban J connectivity index is 1.64. The Hall–Kier alpha value is -2.77. The molecular formula is C18H13N3O2S2. The molecule has 0 aliphatic heterocycles. The van der Waals surface area contributed by atoms with Crippen molar-refractivity contribution in [1.29, 1.82) is 0 Å². The molecule has 5 nitrogen and oxygen atoms in total. The van der Waals surface area contributed by atoms with E-state index in [0.717, 1.165) is 15.3 Å². The van der Waals surface area contributed by atoms with Crippen LogP contribution in [-0.2, 0) is 0 Å². The van der Waals surface area contributed by atoms with Gasteiger partial charge in [-0.3, -0.25) is 9.78 Å². The molecule has 0 saturated carbocycles. The van der Waals surface area contributed by atoms with E-state index in [4.69, 9.17) is 4.74 Å². The van der Waals surface area contributed by atoms with Gasteiger partial charge in [-0.25, -0.2) is 4.98 Å². The summed E-state index contributed by atoms with van der Waals surface area (Å²) in [6, 6.07) is 11.3. The molecule has 7 heteroatoms. The lowest BCUT2D eigenvalue weighted by molar-refractivity contribution is 0.103. The summed E-state index contributed by atoms with van der Waals surface area (Å²) >= 11 is 2.98. The first-order valence-electron chi connectivity index (χ1n) is 7.49. The van der Waals surface area contributed by atoms with Crippen molar-refractivity contribution in [2.45, 2.75) is 0 Å². The summed E-state index contributed by atoms with van der Waals surface area (Å²) in [6.45, 7) is 0. The average Bonchev–Trinajstić information content (AvgIpc) is 3.33. The average molecular weight is 367 g/mol. The Kier molecular flexibility index (Phi) is 4.17. The fraction of sp³-hybridized carbons (Fsp3) is 0.0556. The second-order valence-corrected chi connectivity index (χ2v) is 7.15. The molecule has 0 spiro atoms. The molecule has 124 valence electrons. The van der Waals surface area contributed by atoms with Crippen molar-refractivity contribution in [2.75, 3.05) is 12.4 Å². The number of carbonyl (C=O) groups is 1. The number of thiazole rings is 1. The van der Waals surface area contributed by atoms with Crippen LogP contribution in [0.25, 0.3) is 20.8 Å². The van der Waals surface area contributed by atoms with Crippen LogP contribution in [-0.4, -0.2) is 23.0 Å². The minimum atomic E-state index is -0.185. The van der Waals surface area contributed by atoms with Crippen molar-refractivity contribution in [2.24, 2.45) is 0 Å². The van der Waals surface area contributed by atoms with Gasteiger partial charge in [-0.2, -0.15) is 0 Å². The standard InChI is InChI=1S/C18H13N3O2S2/c1-23-13-7-6-12(11-4-2-8-19-16(11)13)21-17(22)15-10-20-18(25-15)14-5-3-9-24-14/h2-10H,1H3,(H,21,22). The normalized spacial score (nSPS) is 10.8. The quantitative estimate of drug-likeness (QED) is 0.569. The molecule has 1 N–H and O–H groups in total. The number of anilines is 1. The lowest BCUT2D eigenvalue weighted by Crippen LogP contribution is -2.10. The third-order valence-corrected chi connectivity index (χ3v) is 5.70. The minimum absolute atomic E-state index is 0.185. The highest BCUT2D eigenvalue weighted by Crippen LogP contribution is 2.32. The second-order valence-electron chi connectivity index (χ2n) is 5.18. The number of hydrogen-bond acceptors (Lipinski definition) is 6. The number of thiophene rings is 1. The zero-order valence-electron chi connectivity index (χ0n) is 13.2. The second kappa shape index (κ2) is 6.62. The molecule has 4 rings (SSSR count). The first-order valence-corrected chi connectivity index (χ1v) is 9.18. The third kappa shape index (κ3) is 2.99. The fourth-order valence-electron chi connectivity index (χ4n) is 2.50. The number of rotatable bonds is 4. The smallest absolute Gasteiger partial charge is 0.267 e.